The zero-order valence-electron chi connectivity index (χ0n) is 18.4. The smallest absolute Gasteiger partial charge is 0.305 e. The van der Waals surface area contributed by atoms with Crippen molar-refractivity contribution in [1.29, 1.82) is 0 Å². The highest BCUT2D eigenvalue weighted by atomic mass is 16.5. The summed E-state index contributed by atoms with van der Waals surface area (Å²) in [6, 6.07) is 0. The summed E-state index contributed by atoms with van der Waals surface area (Å²) in [7, 11) is 0. The lowest BCUT2D eigenvalue weighted by Crippen LogP contribution is -2.13. The molecule has 1 atom stereocenters. The maximum Gasteiger partial charge on any atom is 0.305 e. The van der Waals surface area contributed by atoms with Crippen LogP contribution in [0.4, 0.5) is 0 Å². The van der Waals surface area contributed by atoms with Crippen LogP contribution in [0.1, 0.15) is 104 Å². The van der Waals surface area contributed by atoms with Crippen LogP contribution in [0.5, 0.6) is 0 Å². The van der Waals surface area contributed by atoms with Crippen molar-refractivity contribution in [2.45, 2.75) is 104 Å². The van der Waals surface area contributed by atoms with Crippen LogP contribution in [0.25, 0.3) is 0 Å². The molecule has 1 unspecified atom stereocenters. The van der Waals surface area contributed by atoms with Crippen LogP contribution in [0.3, 0.4) is 0 Å². The van der Waals surface area contributed by atoms with Gasteiger partial charge in [0, 0.05) is 19.6 Å². The first-order valence-corrected chi connectivity index (χ1v) is 11.6. The van der Waals surface area contributed by atoms with Gasteiger partial charge in [-0.15, -0.1) is 0 Å². The van der Waals surface area contributed by atoms with Gasteiger partial charge in [-0.1, -0.05) is 78.6 Å². The molecule has 0 aliphatic rings. The Hall–Kier alpha value is -0.610. The van der Waals surface area contributed by atoms with E-state index in [0.29, 0.717) is 38.8 Å². The van der Waals surface area contributed by atoms with E-state index < -0.39 is 0 Å². The Labute approximate surface area is 168 Å². The zero-order valence-corrected chi connectivity index (χ0v) is 18.4. The quantitative estimate of drug-likeness (QED) is 0.171. The average Bonchev–Trinajstić information content (AvgIpc) is 2.68. The number of rotatable bonds is 21. The number of unbranched alkanes of at least 4 members (excludes halogenated alkanes) is 7. The summed E-state index contributed by atoms with van der Waals surface area (Å²) in [6.45, 7) is 9.95. The summed E-state index contributed by atoms with van der Waals surface area (Å²) in [5.41, 5.74) is 0. The molecular formula is C23H46O4. The van der Waals surface area contributed by atoms with Gasteiger partial charge in [0.15, 0.2) is 0 Å². The number of ether oxygens (including phenoxy) is 3. The molecule has 0 saturated heterocycles. The van der Waals surface area contributed by atoms with Gasteiger partial charge in [0.05, 0.1) is 19.8 Å². The summed E-state index contributed by atoms with van der Waals surface area (Å²) >= 11 is 0. The lowest BCUT2D eigenvalue weighted by molar-refractivity contribution is -0.144. The molecule has 0 aromatic rings. The Kier molecular flexibility index (Phi) is 21.2. The number of hydrogen-bond acceptors (Lipinski definition) is 4. The predicted octanol–water partition coefficient (Wildman–Crippen LogP) is 6.31. The van der Waals surface area contributed by atoms with E-state index in [1.165, 1.54) is 57.8 Å². The number of carbonyl (C=O) groups is 1. The molecule has 0 bridgehead atoms. The maximum absolute atomic E-state index is 11.6. The van der Waals surface area contributed by atoms with Gasteiger partial charge in [-0.25, -0.2) is 0 Å². The molecule has 0 aromatic heterocycles. The average molecular weight is 387 g/mol. The van der Waals surface area contributed by atoms with Crippen molar-refractivity contribution in [1.82, 2.24) is 0 Å². The molecule has 4 heteroatoms. The third-order valence-electron chi connectivity index (χ3n) is 4.95. The van der Waals surface area contributed by atoms with Crippen molar-refractivity contribution < 1.29 is 19.0 Å². The Morgan fingerprint density at radius 2 is 1.37 bits per heavy atom. The van der Waals surface area contributed by atoms with Gasteiger partial charge < -0.3 is 14.2 Å². The molecule has 0 radical (unpaired) electrons. The molecule has 0 heterocycles. The highest BCUT2D eigenvalue weighted by molar-refractivity contribution is 5.69. The van der Waals surface area contributed by atoms with E-state index >= 15 is 0 Å². The Morgan fingerprint density at radius 3 is 2.07 bits per heavy atom. The van der Waals surface area contributed by atoms with Crippen LogP contribution in [0, 0.1) is 5.92 Å². The Bertz CT molecular complexity index is 307. The van der Waals surface area contributed by atoms with Crippen molar-refractivity contribution >= 4 is 5.97 Å². The molecule has 0 aliphatic carbocycles. The Balaban J connectivity index is 3.29. The standard InChI is InChI=1S/C23H46O4/c1-4-7-9-10-11-12-13-18-27-23(24)16-14-17-25-19-20-26-21-22(6-3)15-8-5-2/h22H,4-21H2,1-3H3. The topological polar surface area (TPSA) is 44.8 Å². The van der Waals surface area contributed by atoms with Crippen LogP contribution >= 0.6 is 0 Å². The highest BCUT2D eigenvalue weighted by Crippen LogP contribution is 2.12. The van der Waals surface area contributed by atoms with E-state index in [1.807, 2.05) is 0 Å². The summed E-state index contributed by atoms with van der Waals surface area (Å²) in [4.78, 5) is 11.6. The summed E-state index contributed by atoms with van der Waals surface area (Å²) in [6.07, 6.45) is 14.8. The minimum atomic E-state index is -0.0949. The summed E-state index contributed by atoms with van der Waals surface area (Å²) < 4.78 is 16.5. The molecule has 0 amide bonds. The molecule has 27 heavy (non-hydrogen) atoms. The molecule has 4 nitrogen and oxygen atoms in total. The SMILES string of the molecule is CCCCCCCCCOC(=O)CCCOCCOCC(CC)CCCC. The minimum Gasteiger partial charge on any atom is -0.466 e. The largest absolute Gasteiger partial charge is 0.466 e. The molecule has 0 spiro atoms. The lowest BCUT2D eigenvalue weighted by atomic mass is 10.0. The van der Waals surface area contributed by atoms with Gasteiger partial charge >= 0.3 is 5.97 Å². The summed E-state index contributed by atoms with van der Waals surface area (Å²) in [5.74, 6) is 0.582. The van der Waals surface area contributed by atoms with E-state index in [9.17, 15) is 4.79 Å². The van der Waals surface area contributed by atoms with E-state index in [1.54, 1.807) is 0 Å². The van der Waals surface area contributed by atoms with E-state index in [0.717, 1.165) is 25.9 Å². The molecule has 0 N–H and O–H groups in total. The molecule has 0 rings (SSSR count). The monoisotopic (exact) mass is 386 g/mol. The maximum atomic E-state index is 11.6. The highest BCUT2D eigenvalue weighted by Gasteiger charge is 2.06. The second kappa shape index (κ2) is 21.7. The third kappa shape index (κ3) is 19.9. The van der Waals surface area contributed by atoms with E-state index in [4.69, 9.17) is 14.2 Å². The van der Waals surface area contributed by atoms with E-state index in [-0.39, 0.29) is 5.97 Å². The molecule has 0 saturated carbocycles. The second-order valence-electron chi connectivity index (χ2n) is 7.55. The van der Waals surface area contributed by atoms with Gasteiger partial charge in [0.2, 0.25) is 0 Å². The summed E-state index contributed by atoms with van der Waals surface area (Å²) in [5, 5.41) is 0. The first-order valence-electron chi connectivity index (χ1n) is 11.6. The van der Waals surface area contributed by atoms with Crippen LogP contribution in [-0.2, 0) is 19.0 Å². The first kappa shape index (κ1) is 26.4. The van der Waals surface area contributed by atoms with Gasteiger partial charge in [0.1, 0.15) is 0 Å². The molecular weight excluding hydrogens is 340 g/mol. The fraction of sp³-hybridized carbons (Fsp3) is 0.957. The fourth-order valence-electron chi connectivity index (χ4n) is 3.00. The lowest BCUT2D eigenvalue weighted by Gasteiger charge is -2.14. The van der Waals surface area contributed by atoms with Gasteiger partial charge in [-0.3, -0.25) is 4.79 Å². The molecule has 162 valence electrons. The van der Waals surface area contributed by atoms with Crippen molar-refractivity contribution in [2.75, 3.05) is 33.0 Å². The predicted molar refractivity (Wildman–Crippen MR) is 113 cm³/mol. The Morgan fingerprint density at radius 1 is 0.704 bits per heavy atom. The molecule has 0 aromatic carbocycles. The van der Waals surface area contributed by atoms with Crippen LogP contribution in [-0.4, -0.2) is 39.0 Å². The normalized spacial score (nSPS) is 12.3. The number of carbonyl (C=O) groups excluding carboxylic acids is 1. The fourth-order valence-corrected chi connectivity index (χ4v) is 3.00. The molecule has 0 fully saturated rings. The second-order valence-corrected chi connectivity index (χ2v) is 7.55. The van der Waals surface area contributed by atoms with E-state index in [2.05, 4.69) is 20.8 Å². The van der Waals surface area contributed by atoms with Crippen molar-refractivity contribution in [3.63, 3.8) is 0 Å². The minimum absolute atomic E-state index is 0.0949. The van der Waals surface area contributed by atoms with Crippen molar-refractivity contribution in [3.8, 4) is 0 Å². The number of esters is 1. The molecule has 0 aliphatic heterocycles. The van der Waals surface area contributed by atoms with Crippen LogP contribution < -0.4 is 0 Å². The third-order valence-corrected chi connectivity index (χ3v) is 4.95. The van der Waals surface area contributed by atoms with Crippen LogP contribution in [0.2, 0.25) is 0 Å². The van der Waals surface area contributed by atoms with Gasteiger partial charge in [0.25, 0.3) is 0 Å². The first-order chi connectivity index (χ1) is 13.2. The number of hydrogen-bond donors (Lipinski definition) is 0. The van der Waals surface area contributed by atoms with Crippen molar-refractivity contribution in [2.24, 2.45) is 5.92 Å². The van der Waals surface area contributed by atoms with Gasteiger partial charge in [-0.05, 0) is 25.2 Å². The zero-order chi connectivity index (χ0) is 20.0. The van der Waals surface area contributed by atoms with Crippen molar-refractivity contribution in [3.05, 3.63) is 0 Å². The van der Waals surface area contributed by atoms with Gasteiger partial charge in [-0.2, -0.15) is 0 Å². The van der Waals surface area contributed by atoms with Crippen LogP contribution in [0.15, 0.2) is 0 Å².